The number of nitrogens with one attached hydrogen (secondary N) is 1. The minimum absolute atomic E-state index is 0.180. The molecule has 0 spiro atoms. The van der Waals surface area contributed by atoms with Gasteiger partial charge in [-0.05, 0) is 60.3 Å². The van der Waals surface area contributed by atoms with Crippen LogP contribution in [0, 0.1) is 12.7 Å². The summed E-state index contributed by atoms with van der Waals surface area (Å²) >= 11 is 9.39. The standard InChI is InChI=1S/C32H26ClFN4O2S2/c1-20-4-14-25(15-5-20)38-32-29(30(36-38)22-8-10-23(33)11-9-22)31(26-3-2-16-41-26)42-19-28(40)37(32)18-27(39)35-17-21-6-12-24(34)13-7-21/h2-16,31H,17-19H2,1H3,(H,35,39)/t31-/m1/s1. The van der Waals surface area contributed by atoms with Gasteiger partial charge in [0.05, 0.1) is 22.4 Å². The van der Waals surface area contributed by atoms with Gasteiger partial charge < -0.3 is 5.32 Å². The molecule has 5 aromatic rings. The second kappa shape index (κ2) is 12.1. The van der Waals surface area contributed by atoms with Gasteiger partial charge in [-0.2, -0.15) is 5.10 Å². The molecule has 0 saturated carbocycles. The highest BCUT2D eigenvalue weighted by Gasteiger charge is 2.38. The summed E-state index contributed by atoms with van der Waals surface area (Å²) in [5, 5.41) is 10.4. The fourth-order valence-electron chi connectivity index (χ4n) is 4.87. The summed E-state index contributed by atoms with van der Waals surface area (Å²) in [6.07, 6.45) is 0. The van der Waals surface area contributed by atoms with Gasteiger partial charge in [0.1, 0.15) is 18.2 Å². The van der Waals surface area contributed by atoms with Gasteiger partial charge in [-0.15, -0.1) is 23.1 Å². The third kappa shape index (κ3) is 5.86. The molecule has 1 aliphatic rings. The van der Waals surface area contributed by atoms with Gasteiger partial charge in [0.25, 0.3) is 0 Å². The number of carbonyl (C=O) groups excluding carboxylic acids is 2. The van der Waals surface area contributed by atoms with E-state index in [9.17, 15) is 14.0 Å². The van der Waals surface area contributed by atoms with Crippen molar-refractivity contribution in [2.24, 2.45) is 0 Å². The van der Waals surface area contributed by atoms with Crippen LogP contribution in [0.5, 0.6) is 0 Å². The number of nitrogens with zero attached hydrogens (tertiary/aromatic N) is 3. The fourth-order valence-corrected chi connectivity index (χ4v) is 7.17. The molecule has 0 aliphatic carbocycles. The molecule has 212 valence electrons. The number of thioether (sulfide) groups is 1. The van der Waals surface area contributed by atoms with Crippen molar-refractivity contribution in [1.82, 2.24) is 15.1 Å². The summed E-state index contributed by atoms with van der Waals surface area (Å²) in [7, 11) is 0. The summed E-state index contributed by atoms with van der Waals surface area (Å²) in [4.78, 5) is 29.7. The zero-order valence-corrected chi connectivity index (χ0v) is 25.0. The highest BCUT2D eigenvalue weighted by atomic mass is 35.5. The van der Waals surface area contributed by atoms with Crippen LogP contribution in [0.1, 0.15) is 26.8 Å². The molecule has 3 heterocycles. The molecule has 0 saturated heterocycles. The number of carbonyl (C=O) groups is 2. The van der Waals surface area contributed by atoms with E-state index in [1.807, 2.05) is 66.9 Å². The molecule has 0 bridgehead atoms. The highest BCUT2D eigenvalue weighted by molar-refractivity contribution is 8.00. The lowest BCUT2D eigenvalue weighted by Gasteiger charge is -2.23. The number of hydrogen-bond acceptors (Lipinski definition) is 5. The van der Waals surface area contributed by atoms with E-state index in [1.165, 1.54) is 23.9 Å². The predicted molar refractivity (Wildman–Crippen MR) is 168 cm³/mol. The minimum Gasteiger partial charge on any atom is -0.350 e. The maximum atomic E-state index is 13.8. The SMILES string of the molecule is Cc1ccc(-n2nc(-c3ccc(Cl)cc3)c3c2N(CC(=O)NCc2ccc(F)cc2)C(=O)CS[C@@H]3c2cccs2)cc1. The first-order chi connectivity index (χ1) is 20.4. The van der Waals surface area contributed by atoms with Crippen LogP contribution in [0.2, 0.25) is 5.02 Å². The Morgan fingerprint density at radius 2 is 1.79 bits per heavy atom. The quantitative estimate of drug-likeness (QED) is 0.210. The first-order valence-corrected chi connectivity index (χ1v) is 15.6. The summed E-state index contributed by atoms with van der Waals surface area (Å²) in [5.41, 5.74) is 5.07. The molecule has 2 amide bonds. The van der Waals surface area contributed by atoms with Crippen molar-refractivity contribution in [1.29, 1.82) is 0 Å². The molecule has 6 rings (SSSR count). The molecule has 1 aliphatic heterocycles. The highest BCUT2D eigenvalue weighted by Crippen LogP contribution is 2.49. The molecule has 0 unspecified atom stereocenters. The van der Waals surface area contributed by atoms with Crippen LogP contribution in [0.3, 0.4) is 0 Å². The lowest BCUT2D eigenvalue weighted by atomic mass is 10.0. The Labute approximate surface area is 256 Å². The van der Waals surface area contributed by atoms with Crippen molar-refractivity contribution >= 4 is 52.3 Å². The van der Waals surface area contributed by atoms with Gasteiger partial charge >= 0.3 is 0 Å². The summed E-state index contributed by atoms with van der Waals surface area (Å²) in [6, 6.07) is 25.4. The van der Waals surface area contributed by atoms with Crippen molar-refractivity contribution in [2.45, 2.75) is 18.7 Å². The van der Waals surface area contributed by atoms with Crippen LogP contribution in [0.15, 0.2) is 90.3 Å². The van der Waals surface area contributed by atoms with E-state index in [0.29, 0.717) is 10.8 Å². The first kappa shape index (κ1) is 28.2. The van der Waals surface area contributed by atoms with E-state index < -0.39 is 0 Å². The lowest BCUT2D eigenvalue weighted by Crippen LogP contribution is -2.42. The Balaban J connectivity index is 1.48. The summed E-state index contributed by atoms with van der Waals surface area (Å²) < 4.78 is 15.1. The molecule has 2 aromatic heterocycles. The third-order valence-corrected chi connectivity index (χ3v) is 9.57. The minimum atomic E-state index is -0.341. The monoisotopic (exact) mass is 616 g/mol. The second-order valence-electron chi connectivity index (χ2n) is 9.93. The summed E-state index contributed by atoms with van der Waals surface area (Å²) in [6.45, 7) is 2.04. The topological polar surface area (TPSA) is 67.2 Å². The fraction of sp³-hybridized carbons (Fsp3) is 0.156. The normalized spacial score (nSPS) is 14.9. The van der Waals surface area contributed by atoms with Gasteiger partial charge in [-0.25, -0.2) is 9.07 Å². The van der Waals surface area contributed by atoms with Crippen LogP contribution in [0.25, 0.3) is 16.9 Å². The van der Waals surface area contributed by atoms with Crippen LogP contribution in [0.4, 0.5) is 10.2 Å². The zero-order chi connectivity index (χ0) is 29.2. The third-order valence-electron chi connectivity index (χ3n) is 6.99. The van der Waals surface area contributed by atoms with Crippen LogP contribution < -0.4 is 10.2 Å². The Hall–Kier alpha value is -3.92. The number of benzene rings is 3. The van der Waals surface area contributed by atoms with E-state index >= 15 is 0 Å². The molecule has 1 atom stereocenters. The number of anilines is 1. The van der Waals surface area contributed by atoms with Gasteiger partial charge in [0, 0.05) is 27.6 Å². The molecule has 0 radical (unpaired) electrons. The van der Waals surface area contributed by atoms with E-state index in [4.69, 9.17) is 16.7 Å². The van der Waals surface area contributed by atoms with Crippen molar-refractivity contribution in [3.8, 4) is 16.9 Å². The molecular formula is C32H26ClFN4O2S2. The van der Waals surface area contributed by atoms with Crippen LogP contribution in [-0.2, 0) is 16.1 Å². The number of thiophene rings is 1. The van der Waals surface area contributed by atoms with Crippen LogP contribution in [-0.4, -0.2) is 33.9 Å². The van der Waals surface area contributed by atoms with Crippen LogP contribution >= 0.6 is 34.7 Å². The van der Waals surface area contributed by atoms with E-state index in [1.54, 1.807) is 33.1 Å². The Bertz CT molecular complexity index is 1720. The first-order valence-electron chi connectivity index (χ1n) is 13.3. The molecule has 1 N–H and O–H groups in total. The Morgan fingerprint density at radius 3 is 2.48 bits per heavy atom. The van der Waals surface area contributed by atoms with Crippen molar-refractivity contribution in [3.63, 3.8) is 0 Å². The van der Waals surface area contributed by atoms with Crippen molar-refractivity contribution < 1.29 is 14.0 Å². The number of halogens is 2. The van der Waals surface area contributed by atoms with Crippen molar-refractivity contribution in [3.05, 3.63) is 123 Å². The van der Waals surface area contributed by atoms with Gasteiger partial charge in [-0.3, -0.25) is 14.5 Å². The molecule has 3 aromatic carbocycles. The predicted octanol–water partition coefficient (Wildman–Crippen LogP) is 7.19. The lowest BCUT2D eigenvalue weighted by molar-refractivity contribution is -0.123. The number of rotatable bonds is 7. The Morgan fingerprint density at radius 1 is 1.05 bits per heavy atom. The largest absolute Gasteiger partial charge is 0.350 e. The maximum absolute atomic E-state index is 13.8. The molecule has 6 nitrogen and oxygen atoms in total. The average Bonchev–Trinajstić information content (AvgIpc) is 3.63. The smallest absolute Gasteiger partial charge is 0.240 e. The van der Waals surface area contributed by atoms with E-state index in [2.05, 4.69) is 11.4 Å². The van der Waals surface area contributed by atoms with Gasteiger partial charge in [0.15, 0.2) is 0 Å². The van der Waals surface area contributed by atoms with Gasteiger partial charge in [-0.1, -0.05) is 59.6 Å². The Kier molecular flexibility index (Phi) is 8.15. The molecular weight excluding hydrogens is 591 g/mol. The zero-order valence-electron chi connectivity index (χ0n) is 22.6. The number of aromatic nitrogens is 2. The second-order valence-corrected chi connectivity index (χ2v) is 12.4. The number of fused-ring (bicyclic) bond motifs is 1. The average molecular weight is 617 g/mol. The molecule has 42 heavy (non-hydrogen) atoms. The number of hydrogen-bond donors (Lipinski definition) is 1. The van der Waals surface area contributed by atoms with Crippen molar-refractivity contribution in [2.75, 3.05) is 17.2 Å². The van der Waals surface area contributed by atoms with Gasteiger partial charge in [0.2, 0.25) is 11.8 Å². The number of amides is 2. The van der Waals surface area contributed by atoms with E-state index in [-0.39, 0.29) is 41.7 Å². The summed E-state index contributed by atoms with van der Waals surface area (Å²) in [5.74, 6) is -0.104. The molecule has 10 heteroatoms. The number of aryl methyl sites for hydroxylation is 1. The van der Waals surface area contributed by atoms with E-state index in [0.717, 1.165) is 38.5 Å². The molecule has 0 fully saturated rings. The maximum Gasteiger partial charge on any atom is 0.240 e.